The van der Waals surface area contributed by atoms with Crippen LogP contribution < -0.4 is 10.1 Å². The van der Waals surface area contributed by atoms with E-state index in [9.17, 15) is 18.4 Å². The van der Waals surface area contributed by atoms with Gasteiger partial charge in [0.2, 0.25) is 5.91 Å². The Balaban J connectivity index is 1.17. The molecule has 6 rings (SSSR count). The van der Waals surface area contributed by atoms with Crippen LogP contribution in [0.2, 0.25) is 5.02 Å². The maximum atomic E-state index is 13.5. The van der Waals surface area contributed by atoms with Crippen molar-refractivity contribution in [1.29, 1.82) is 0 Å². The predicted octanol–water partition coefficient (Wildman–Crippen LogP) is 5.10. The Kier molecular flexibility index (Phi) is 9.60. The molecule has 1 aromatic carbocycles. The van der Waals surface area contributed by atoms with Crippen molar-refractivity contribution < 1.29 is 27.8 Å². The summed E-state index contributed by atoms with van der Waals surface area (Å²) >= 11 is 6.26. The topological polar surface area (TPSA) is 119 Å². The summed E-state index contributed by atoms with van der Waals surface area (Å²) in [6, 6.07) is 6.00. The minimum atomic E-state index is -3.07. The molecule has 2 aliphatic rings. The molecule has 0 spiro atoms. The fourth-order valence-corrected chi connectivity index (χ4v) is 6.20. The molecule has 2 aliphatic heterocycles. The number of anilines is 2. The number of alkyl halides is 2. The first-order valence-corrected chi connectivity index (χ1v) is 16.0. The third-order valence-electron chi connectivity index (χ3n) is 9.02. The number of carbonyl (C=O) groups excluding carboxylic acids is 2. The lowest BCUT2D eigenvalue weighted by Crippen LogP contribution is -2.47. The second kappa shape index (κ2) is 13.8. The summed E-state index contributed by atoms with van der Waals surface area (Å²) in [4.78, 5) is 34.9. The zero-order chi connectivity index (χ0) is 33.1. The monoisotopic (exact) mass is 670 g/mol. The molecule has 250 valence electrons. The van der Waals surface area contributed by atoms with Crippen molar-refractivity contribution in [1.82, 2.24) is 34.2 Å². The Labute approximate surface area is 275 Å². The highest BCUT2D eigenvalue weighted by Crippen LogP contribution is 2.39. The number of amides is 1. The van der Waals surface area contributed by atoms with Gasteiger partial charge in [0.05, 0.1) is 23.9 Å². The molecule has 3 aromatic heterocycles. The van der Waals surface area contributed by atoms with Gasteiger partial charge in [-0.2, -0.15) is 19.0 Å². The summed E-state index contributed by atoms with van der Waals surface area (Å²) in [5.74, 6) is -0.144. The fraction of sp³-hybridized carbons (Fsp3) is 0.469. The van der Waals surface area contributed by atoms with E-state index < -0.39 is 12.0 Å². The van der Waals surface area contributed by atoms with Crippen molar-refractivity contribution in [2.75, 3.05) is 45.2 Å². The summed E-state index contributed by atoms with van der Waals surface area (Å²) in [5.41, 5.74) is 1.26. The first kappa shape index (κ1) is 32.6. The molecule has 12 nitrogen and oxygen atoms in total. The van der Waals surface area contributed by atoms with E-state index >= 15 is 0 Å². The first-order chi connectivity index (χ1) is 22.6. The van der Waals surface area contributed by atoms with Gasteiger partial charge < -0.3 is 24.6 Å². The molecular formula is C32H37ClF2N8O4. The van der Waals surface area contributed by atoms with E-state index in [2.05, 4.69) is 32.4 Å². The average molecular weight is 671 g/mol. The van der Waals surface area contributed by atoms with Gasteiger partial charge in [-0.15, -0.1) is 0 Å². The summed E-state index contributed by atoms with van der Waals surface area (Å²) in [6.07, 6.45) is 9.55. The molecule has 4 aromatic rings. The van der Waals surface area contributed by atoms with Crippen molar-refractivity contribution in [3.63, 3.8) is 0 Å². The number of likely N-dealkylation sites (tertiary alicyclic amines) is 2. The summed E-state index contributed by atoms with van der Waals surface area (Å²) in [6.45, 7) is 1.95. The van der Waals surface area contributed by atoms with E-state index in [1.54, 1.807) is 40.3 Å². The fourth-order valence-electron chi connectivity index (χ4n) is 6.03. The highest BCUT2D eigenvalue weighted by Gasteiger charge is 2.40. The number of ether oxygens (including phenoxy) is 2. The van der Waals surface area contributed by atoms with E-state index in [1.807, 2.05) is 6.92 Å². The SMILES string of the molecule is CN1CCC(COC(=O)C2(C)CCN(C(=O)Cn3cc(Nc4cnn5cccnc45)c(-c4cc(Cl)ccc4OC(F)F)n3)CC2)CC1. The van der Waals surface area contributed by atoms with E-state index in [1.165, 1.54) is 22.9 Å². The number of carbonyl (C=O) groups is 2. The second-order valence-electron chi connectivity index (χ2n) is 12.5. The van der Waals surface area contributed by atoms with Gasteiger partial charge in [0, 0.05) is 42.3 Å². The Morgan fingerprint density at radius 2 is 1.91 bits per heavy atom. The van der Waals surface area contributed by atoms with Crippen molar-refractivity contribution in [2.45, 2.75) is 45.8 Å². The largest absolute Gasteiger partial charge is 0.465 e. The number of aromatic nitrogens is 5. The standard InChI is InChI=1S/C32H37ClF2N8O4/c1-32(30(45)46-20-21-6-12-40(2)13-7-21)8-14-41(15-9-32)27(44)19-42-18-25(38-24-17-37-43-11-3-10-36-29(24)43)28(39-42)23-16-22(33)4-5-26(23)47-31(34)35/h3-5,10-11,16-18,21,31,38H,6-9,12-15,19-20H2,1-2H3. The van der Waals surface area contributed by atoms with Crippen molar-refractivity contribution >= 4 is 40.5 Å². The molecule has 2 saturated heterocycles. The van der Waals surface area contributed by atoms with Crippen LogP contribution in [0.5, 0.6) is 5.75 Å². The number of hydrogen-bond donors (Lipinski definition) is 1. The molecule has 0 radical (unpaired) electrons. The number of fused-ring (bicyclic) bond motifs is 1. The van der Waals surface area contributed by atoms with Gasteiger partial charge in [0.15, 0.2) is 5.65 Å². The van der Waals surface area contributed by atoms with Crippen LogP contribution in [-0.4, -0.2) is 92.5 Å². The maximum Gasteiger partial charge on any atom is 0.387 e. The molecule has 0 saturated carbocycles. The van der Waals surface area contributed by atoms with Gasteiger partial charge in [-0.05, 0) is 82.9 Å². The molecule has 5 heterocycles. The minimum Gasteiger partial charge on any atom is -0.465 e. The summed E-state index contributed by atoms with van der Waals surface area (Å²) in [7, 11) is 2.10. The molecule has 0 aliphatic carbocycles. The normalized spacial score (nSPS) is 17.3. The van der Waals surface area contributed by atoms with Crippen LogP contribution in [0.3, 0.4) is 0 Å². The highest BCUT2D eigenvalue weighted by molar-refractivity contribution is 6.31. The molecular weight excluding hydrogens is 634 g/mol. The Bertz CT molecular complexity index is 1730. The number of rotatable bonds is 10. The number of hydrogen-bond acceptors (Lipinski definition) is 9. The smallest absolute Gasteiger partial charge is 0.387 e. The lowest BCUT2D eigenvalue weighted by atomic mass is 9.80. The van der Waals surface area contributed by atoms with Crippen LogP contribution in [0.4, 0.5) is 20.2 Å². The number of nitrogens with one attached hydrogen (secondary N) is 1. The van der Waals surface area contributed by atoms with Gasteiger partial charge in [0.25, 0.3) is 0 Å². The molecule has 0 bridgehead atoms. The summed E-state index contributed by atoms with van der Waals surface area (Å²) < 4.78 is 40.2. The van der Waals surface area contributed by atoms with Crippen LogP contribution >= 0.6 is 11.6 Å². The predicted molar refractivity (Wildman–Crippen MR) is 171 cm³/mol. The zero-order valence-corrected chi connectivity index (χ0v) is 27.0. The molecule has 0 atom stereocenters. The van der Waals surface area contributed by atoms with Crippen LogP contribution in [0.15, 0.2) is 49.1 Å². The molecule has 1 N–H and O–H groups in total. The van der Waals surface area contributed by atoms with E-state index in [4.69, 9.17) is 21.1 Å². The van der Waals surface area contributed by atoms with Crippen molar-refractivity contribution in [3.05, 3.63) is 54.1 Å². The minimum absolute atomic E-state index is 0.120. The van der Waals surface area contributed by atoms with E-state index in [-0.39, 0.29) is 40.5 Å². The quantitative estimate of drug-likeness (QED) is 0.230. The molecule has 1 amide bonds. The third-order valence-corrected chi connectivity index (χ3v) is 9.26. The first-order valence-electron chi connectivity index (χ1n) is 15.6. The van der Waals surface area contributed by atoms with Crippen molar-refractivity contribution in [3.8, 4) is 17.0 Å². The maximum absolute atomic E-state index is 13.5. The molecule has 47 heavy (non-hydrogen) atoms. The van der Waals surface area contributed by atoms with Crippen molar-refractivity contribution in [2.24, 2.45) is 11.3 Å². The number of halogens is 3. The number of nitrogens with zero attached hydrogens (tertiary/aromatic N) is 7. The second-order valence-corrected chi connectivity index (χ2v) is 12.9. The highest BCUT2D eigenvalue weighted by atomic mass is 35.5. The van der Waals surface area contributed by atoms with Gasteiger partial charge in [0.1, 0.15) is 23.7 Å². The van der Waals surface area contributed by atoms with Crippen LogP contribution in [0, 0.1) is 11.3 Å². The molecule has 0 unspecified atom stereocenters. The third kappa shape index (κ3) is 7.49. The Morgan fingerprint density at radius 1 is 1.15 bits per heavy atom. The molecule has 15 heteroatoms. The average Bonchev–Trinajstić information content (AvgIpc) is 3.65. The van der Waals surface area contributed by atoms with Crippen LogP contribution in [0.25, 0.3) is 16.9 Å². The number of esters is 1. The van der Waals surface area contributed by atoms with Gasteiger partial charge in [-0.25, -0.2) is 9.50 Å². The van der Waals surface area contributed by atoms with Gasteiger partial charge in [-0.3, -0.25) is 14.3 Å². The van der Waals surface area contributed by atoms with Crippen LogP contribution in [-0.2, 0) is 20.9 Å². The summed E-state index contributed by atoms with van der Waals surface area (Å²) in [5, 5.41) is 12.4. The van der Waals surface area contributed by atoms with Crippen LogP contribution in [0.1, 0.15) is 32.6 Å². The number of piperidine rings is 2. The Hall–Kier alpha value is -4.30. The lowest BCUT2D eigenvalue weighted by Gasteiger charge is -2.38. The zero-order valence-electron chi connectivity index (χ0n) is 26.2. The number of benzene rings is 1. The van der Waals surface area contributed by atoms with E-state index in [0.29, 0.717) is 55.5 Å². The van der Waals surface area contributed by atoms with E-state index in [0.717, 1.165) is 25.9 Å². The molecule has 2 fully saturated rings. The lowest BCUT2D eigenvalue weighted by molar-refractivity contribution is -0.161. The Morgan fingerprint density at radius 3 is 2.66 bits per heavy atom. The van der Waals surface area contributed by atoms with Gasteiger partial charge in [-0.1, -0.05) is 11.6 Å². The van der Waals surface area contributed by atoms with Gasteiger partial charge >= 0.3 is 12.6 Å².